The molecule has 0 aliphatic heterocycles. The lowest BCUT2D eigenvalue weighted by Gasteiger charge is -2.05. The number of nitrogens with zero attached hydrogens (tertiary/aromatic N) is 1. The largest absolute Gasteiger partial charge is 0.497 e. The minimum absolute atomic E-state index is 0.0686. The average Bonchev–Trinajstić information content (AvgIpc) is 2.97. The maximum Gasteiger partial charge on any atom is 0.261 e. The lowest BCUT2D eigenvalue weighted by Crippen LogP contribution is -2.21. The quantitative estimate of drug-likeness (QED) is 0.792. The molecule has 0 aliphatic rings. The van der Waals surface area contributed by atoms with Gasteiger partial charge in [-0.15, -0.1) is 11.3 Å². The van der Waals surface area contributed by atoms with Crippen LogP contribution >= 0.6 is 11.3 Å². The zero-order valence-electron chi connectivity index (χ0n) is 13.3. The third kappa shape index (κ3) is 3.35. The molecule has 0 bridgehead atoms. The van der Waals surface area contributed by atoms with Gasteiger partial charge in [0.25, 0.3) is 5.91 Å². The van der Waals surface area contributed by atoms with Gasteiger partial charge < -0.3 is 10.1 Å². The molecule has 118 valence electrons. The highest BCUT2D eigenvalue weighted by Gasteiger charge is 2.12. The van der Waals surface area contributed by atoms with Crippen molar-refractivity contribution in [3.63, 3.8) is 0 Å². The van der Waals surface area contributed by atoms with E-state index in [1.165, 1.54) is 11.3 Å². The van der Waals surface area contributed by atoms with Crippen LogP contribution in [0.5, 0.6) is 5.75 Å². The Morgan fingerprint density at radius 3 is 2.65 bits per heavy atom. The van der Waals surface area contributed by atoms with Gasteiger partial charge in [0.2, 0.25) is 0 Å². The first kappa shape index (κ1) is 15.5. The fourth-order valence-electron chi connectivity index (χ4n) is 2.46. The van der Waals surface area contributed by atoms with Crippen LogP contribution in [0.15, 0.2) is 36.4 Å². The molecule has 5 heteroatoms. The molecule has 0 saturated heterocycles. The second-order valence-corrected chi connectivity index (χ2v) is 6.47. The van der Waals surface area contributed by atoms with Crippen LogP contribution in [0.1, 0.15) is 26.5 Å². The predicted molar refractivity (Wildman–Crippen MR) is 93.3 cm³/mol. The highest BCUT2D eigenvalue weighted by molar-refractivity contribution is 7.20. The summed E-state index contributed by atoms with van der Waals surface area (Å²) in [6, 6.07) is 11.6. The molecule has 1 N–H and O–H groups in total. The predicted octanol–water partition coefficient (Wildman–Crippen LogP) is 3.85. The van der Waals surface area contributed by atoms with Gasteiger partial charge in [0.1, 0.15) is 10.6 Å². The summed E-state index contributed by atoms with van der Waals surface area (Å²) in [6.07, 6.45) is 0. The number of carbonyl (C=O) groups excluding carboxylic acids is 1. The molecule has 0 aliphatic carbocycles. The van der Waals surface area contributed by atoms with E-state index in [2.05, 4.69) is 10.3 Å². The smallest absolute Gasteiger partial charge is 0.261 e. The van der Waals surface area contributed by atoms with Crippen LogP contribution in [0.3, 0.4) is 0 Å². The molecule has 0 atom stereocenters. The van der Waals surface area contributed by atoms with Crippen molar-refractivity contribution in [2.24, 2.45) is 0 Å². The van der Waals surface area contributed by atoms with Gasteiger partial charge in [0.15, 0.2) is 0 Å². The Balaban J connectivity index is 1.74. The molecule has 0 fully saturated rings. The Kier molecular flexibility index (Phi) is 4.30. The van der Waals surface area contributed by atoms with Crippen LogP contribution in [0.2, 0.25) is 0 Å². The number of nitrogens with one attached hydrogen (secondary N) is 1. The molecule has 3 aromatic rings. The molecule has 0 spiro atoms. The van der Waals surface area contributed by atoms with Crippen LogP contribution in [0.25, 0.3) is 10.2 Å². The zero-order valence-corrected chi connectivity index (χ0v) is 14.2. The van der Waals surface area contributed by atoms with Gasteiger partial charge >= 0.3 is 0 Å². The van der Waals surface area contributed by atoms with Crippen molar-refractivity contribution in [3.8, 4) is 5.75 Å². The summed E-state index contributed by atoms with van der Waals surface area (Å²) in [4.78, 5) is 18.5. The molecule has 2 heterocycles. The van der Waals surface area contributed by atoms with Crippen molar-refractivity contribution in [2.75, 3.05) is 7.11 Å². The number of amides is 1. The summed E-state index contributed by atoms with van der Waals surface area (Å²) in [6.45, 7) is 4.50. The topological polar surface area (TPSA) is 51.2 Å². The summed E-state index contributed by atoms with van der Waals surface area (Å²) >= 11 is 1.43. The molecule has 4 nitrogen and oxygen atoms in total. The van der Waals surface area contributed by atoms with Gasteiger partial charge in [-0.05, 0) is 49.2 Å². The number of pyridine rings is 1. The Morgan fingerprint density at radius 1 is 1.22 bits per heavy atom. The van der Waals surface area contributed by atoms with Crippen molar-refractivity contribution >= 4 is 27.5 Å². The van der Waals surface area contributed by atoms with Crippen molar-refractivity contribution in [1.29, 1.82) is 0 Å². The fraction of sp³-hybridized carbons (Fsp3) is 0.222. The number of benzene rings is 1. The number of fused-ring (bicyclic) bond motifs is 1. The molecule has 3 rings (SSSR count). The monoisotopic (exact) mass is 326 g/mol. The van der Waals surface area contributed by atoms with E-state index < -0.39 is 0 Å². The maximum atomic E-state index is 12.4. The SMILES string of the molecule is COc1ccc(CNC(=O)c2cc3c(C)cc(C)nc3s2)cc1. The van der Waals surface area contributed by atoms with Gasteiger partial charge in [-0.3, -0.25) is 4.79 Å². The van der Waals surface area contributed by atoms with E-state index in [1.807, 2.05) is 50.2 Å². The van der Waals surface area contributed by atoms with E-state index in [-0.39, 0.29) is 5.91 Å². The van der Waals surface area contributed by atoms with E-state index in [9.17, 15) is 4.79 Å². The first-order valence-electron chi connectivity index (χ1n) is 7.36. The molecule has 1 amide bonds. The van der Waals surface area contributed by atoms with Crippen LogP contribution in [0.4, 0.5) is 0 Å². The third-order valence-electron chi connectivity index (χ3n) is 3.68. The Bertz CT molecular complexity index is 853. The molecule has 2 aromatic heterocycles. The van der Waals surface area contributed by atoms with Crippen LogP contribution < -0.4 is 10.1 Å². The summed E-state index contributed by atoms with van der Waals surface area (Å²) < 4.78 is 5.13. The lowest BCUT2D eigenvalue weighted by atomic mass is 10.2. The van der Waals surface area contributed by atoms with Crippen molar-refractivity contribution < 1.29 is 9.53 Å². The Morgan fingerprint density at radius 2 is 1.96 bits per heavy atom. The fourth-order valence-corrected chi connectivity index (χ4v) is 3.52. The summed E-state index contributed by atoms with van der Waals surface area (Å²) in [5.41, 5.74) is 3.16. The van der Waals surface area contributed by atoms with E-state index in [1.54, 1.807) is 7.11 Å². The minimum Gasteiger partial charge on any atom is -0.497 e. The number of aryl methyl sites for hydroxylation is 2. The van der Waals surface area contributed by atoms with Gasteiger partial charge in [-0.25, -0.2) is 4.98 Å². The Hall–Kier alpha value is -2.40. The van der Waals surface area contributed by atoms with Crippen LogP contribution in [-0.2, 0) is 6.54 Å². The van der Waals surface area contributed by atoms with Crippen molar-refractivity contribution in [2.45, 2.75) is 20.4 Å². The maximum absolute atomic E-state index is 12.4. The number of rotatable bonds is 4. The number of hydrogen-bond acceptors (Lipinski definition) is 4. The Labute approximate surface area is 139 Å². The summed E-state index contributed by atoms with van der Waals surface area (Å²) in [7, 11) is 1.63. The molecule has 0 saturated carbocycles. The molecular formula is C18H18N2O2S. The van der Waals surface area contributed by atoms with Gasteiger partial charge in [0.05, 0.1) is 12.0 Å². The van der Waals surface area contributed by atoms with Crippen LogP contribution in [-0.4, -0.2) is 18.0 Å². The minimum atomic E-state index is -0.0686. The lowest BCUT2D eigenvalue weighted by molar-refractivity contribution is 0.0955. The van der Waals surface area contributed by atoms with Gasteiger partial charge in [0, 0.05) is 17.6 Å². The molecule has 23 heavy (non-hydrogen) atoms. The van der Waals surface area contributed by atoms with Gasteiger partial charge in [-0.1, -0.05) is 12.1 Å². The van der Waals surface area contributed by atoms with Crippen molar-refractivity contribution in [1.82, 2.24) is 10.3 Å². The van der Waals surface area contributed by atoms with Gasteiger partial charge in [-0.2, -0.15) is 0 Å². The van der Waals surface area contributed by atoms with Crippen molar-refractivity contribution in [3.05, 3.63) is 58.1 Å². The number of methoxy groups -OCH3 is 1. The standard InChI is InChI=1S/C18H18N2O2S/c1-11-8-12(2)20-18-15(11)9-16(23-18)17(21)19-10-13-4-6-14(22-3)7-5-13/h4-9H,10H2,1-3H3,(H,19,21). The van der Waals surface area contributed by atoms with Crippen LogP contribution in [0, 0.1) is 13.8 Å². The van der Waals surface area contributed by atoms with E-state index in [0.29, 0.717) is 11.4 Å². The van der Waals surface area contributed by atoms with E-state index in [4.69, 9.17) is 4.74 Å². The number of thiophene rings is 1. The number of ether oxygens (including phenoxy) is 1. The number of carbonyl (C=O) groups is 1. The van der Waals surface area contributed by atoms with E-state index in [0.717, 1.165) is 32.8 Å². The number of hydrogen-bond donors (Lipinski definition) is 1. The zero-order chi connectivity index (χ0) is 16.4. The second kappa shape index (κ2) is 6.38. The molecule has 0 radical (unpaired) electrons. The highest BCUT2D eigenvalue weighted by atomic mass is 32.1. The highest BCUT2D eigenvalue weighted by Crippen LogP contribution is 2.27. The van der Waals surface area contributed by atoms with E-state index >= 15 is 0 Å². The molecular weight excluding hydrogens is 308 g/mol. The molecule has 1 aromatic carbocycles. The first-order chi connectivity index (χ1) is 11.1. The second-order valence-electron chi connectivity index (χ2n) is 5.44. The normalized spacial score (nSPS) is 10.7. The average molecular weight is 326 g/mol. The first-order valence-corrected chi connectivity index (χ1v) is 8.17. The summed E-state index contributed by atoms with van der Waals surface area (Å²) in [5.74, 6) is 0.738. The number of aromatic nitrogens is 1. The summed E-state index contributed by atoms with van der Waals surface area (Å²) in [5, 5.41) is 4.00. The third-order valence-corrected chi connectivity index (χ3v) is 4.70. The molecule has 0 unspecified atom stereocenters.